The lowest BCUT2D eigenvalue weighted by atomic mass is 9.99. The predicted octanol–water partition coefficient (Wildman–Crippen LogP) is -14.1. The van der Waals surface area contributed by atoms with Crippen LogP contribution in [0.4, 0.5) is 0 Å². The number of ether oxygens (including phenoxy) is 11. The Bertz CT molecular complexity index is 1590. The lowest BCUT2D eigenvalue weighted by molar-refractivity contribution is -0.407. The van der Waals surface area contributed by atoms with Gasteiger partial charge in [0, 0.05) is 0 Å². The van der Waals surface area contributed by atoms with E-state index in [4.69, 9.17) is 52.1 Å². The Hall–Kier alpha value is -1.24. The number of hydrogen-bond acceptors (Lipinski definition) is 31. The van der Waals surface area contributed by atoms with Gasteiger partial charge in [-0.05, 0) is 0 Å². The van der Waals surface area contributed by atoms with E-state index in [2.05, 4.69) is 0 Å². The Labute approximate surface area is 378 Å². The molecule has 0 spiro atoms. The first-order valence-electron chi connectivity index (χ1n) is 21.0. The average Bonchev–Trinajstić information content (AvgIpc) is 4.00. The number of aliphatic hydroxyl groups is 20. The summed E-state index contributed by atoms with van der Waals surface area (Å²) in [5.74, 6) is -13.8. The van der Waals surface area contributed by atoms with Gasteiger partial charge in [-0.1, -0.05) is 0 Å². The second kappa shape index (κ2) is 21.5. The average molecular weight is 991 g/mol. The van der Waals surface area contributed by atoms with Gasteiger partial charge >= 0.3 is 0 Å². The molecule has 392 valence electrons. The fourth-order valence-corrected chi connectivity index (χ4v) is 8.67. The Balaban J connectivity index is 1.33. The summed E-state index contributed by atoms with van der Waals surface area (Å²) in [6.07, 6.45) is -39.7. The number of aliphatic hydroxyl groups excluding tert-OH is 20. The van der Waals surface area contributed by atoms with Crippen molar-refractivity contribution in [1.29, 1.82) is 0 Å². The van der Waals surface area contributed by atoms with Crippen molar-refractivity contribution in [2.75, 3.05) is 72.7 Å². The van der Waals surface area contributed by atoms with Crippen molar-refractivity contribution in [1.82, 2.24) is 0 Å². The summed E-state index contributed by atoms with van der Waals surface area (Å²) in [6, 6.07) is 0. The van der Waals surface area contributed by atoms with Crippen LogP contribution in [0.15, 0.2) is 0 Å². The Morgan fingerprint density at radius 1 is 0.313 bits per heavy atom. The summed E-state index contributed by atoms with van der Waals surface area (Å²) in [7, 11) is 0. The van der Waals surface area contributed by atoms with E-state index in [1.807, 2.05) is 0 Å². The van der Waals surface area contributed by atoms with Crippen molar-refractivity contribution in [3.63, 3.8) is 0 Å². The molecule has 6 rings (SSSR count). The van der Waals surface area contributed by atoms with Crippen LogP contribution in [0.1, 0.15) is 0 Å². The van der Waals surface area contributed by atoms with Crippen molar-refractivity contribution in [2.24, 2.45) is 0 Å². The second-order valence-corrected chi connectivity index (χ2v) is 17.1. The molecule has 31 heteroatoms. The van der Waals surface area contributed by atoms with Gasteiger partial charge in [0.2, 0.25) is 28.9 Å². The minimum atomic E-state index is -3.00. The molecular formula is C36H62O31. The van der Waals surface area contributed by atoms with E-state index >= 15 is 0 Å². The molecule has 67 heavy (non-hydrogen) atoms. The first kappa shape index (κ1) is 55.1. The molecule has 0 aromatic heterocycles. The molecule has 0 radical (unpaired) electrons. The monoisotopic (exact) mass is 990 g/mol. The van der Waals surface area contributed by atoms with Crippen LogP contribution >= 0.6 is 0 Å². The van der Waals surface area contributed by atoms with Gasteiger partial charge in [-0.15, -0.1) is 0 Å². The highest BCUT2D eigenvalue weighted by atomic mass is 16.8. The fourth-order valence-electron chi connectivity index (χ4n) is 8.67. The van der Waals surface area contributed by atoms with E-state index in [1.54, 1.807) is 0 Å². The van der Waals surface area contributed by atoms with Crippen molar-refractivity contribution in [3.05, 3.63) is 0 Å². The summed E-state index contributed by atoms with van der Waals surface area (Å²) in [5.41, 5.74) is 0. The molecule has 25 atom stereocenters. The van der Waals surface area contributed by atoms with E-state index < -0.39 is 224 Å². The first-order chi connectivity index (χ1) is 31.6. The lowest BCUT2D eigenvalue weighted by Crippen LogP contribution is -2.63. The van der Waals surface area contributed by atoms with Crippen LogP contribution in [0.25, 0.3) is 0 Å². The quantitative estimate of drug-likeness (QED) is 0.0508. The largest absolute Gasteiger partial charge is 0.394 e. The third-order valence-electron chi connectivity index (χ3n) is 12.9. The van der Waals surface area contributed by atoms with Crippen LogP contribution in [0.2, 0.25) is 0 Å². The lowest BCUT2D eigenvalue weighted by Gasteiger charge is -2.45. The smallest absolute Gasteiger partial charge is 0.224 e. The van der Waals surface area contributed by atoms with Crippen molar-refractivity contribution in [3.8, 4) is 0 Å². The molecule has 0 aromatic rings. The Morgan fingerprint density at radius 3 is 1.01 bits per heavy atom. The fraction of sp³-hybridized carbons (Fsp3) is 1.00. The Kier molecular flexibility index (Phi) is 17.6. The molecule has 6 aliphatic heterocycles. The minimum absolute atomic E-state index is 0.860. The van der Waals surface area contributed by atoms with Crippen LogP contribution in [0.5, 0.6) is 0 Å². The van der Waals surface area contributed by atoms with Crippen LogP contribution in [-0.2, 0) is 52.1 Å². The standard InChI is InChI=1S/C36H62O31/c37-1-12-18(44)24(50)25(51)31(61-12)67-36(30(56)23(49)17(66-36)6-57-32(7-42)26(52)19(45)13(2-38)62-32)11-60-35(29(55)22(48)16(5-41)65-35)10-59-34(28(54)21(47)15(4-40)64-34)9-58-33(8-43)27(53)20(46)14(3-39)63-33/h12-31,37-56H,1-11H2. The first-order valence-corrected chi connectivity index (χ1v) is 21.0. The van der Waals surface area contributed by atoms with Gasteiger partial charge in [-0.25, -0.2) is 0 Å². The van der Waals surface area contributed by atoms with Crippen LogP contribution in [0, 0.1) is 0 Å². The third kappa shape index (κ3) is 9.75. The van der Waals surface area contributed by atoms with E-state index in [1.165, 1.54) is 0 Å². The van der Waals surface area contributed by atoms with E-state index in [9.17, 15) is 102 Å². The van der Waals surface area contributed by atoms with Gasteiger partial charge in [0.05, 0.1) is 39.6 Å². The zero-order valence-corrected chi connectivity index (χ0v) is 35.3. The zero-order valence-electron chi connectivity index (χ0n) is 35.3. The van der Waals surface area contributed by atoms with Crippen LogP contribution < -0.4 is 0 Å². The molecule has 0 aliphatic carbocycles. The molecule has 25 unspecified atom stereocenters. The summed E-state index contributed by atoms with van der Waals surface area (Å²) in [4.78, 5) is 0. The minimum Gasteiger partial charge on any atom is -0.394 e. The SMILES string of the molecule is OCC1OC(OC2(COC3(COC4(COC5(CO)OC(CO)C(O)C5O)OC(CO)C(O)C4O)OC(CO)C(O)C3O)OC(COC3(CO)OC(CO)C(O)C3O)C(O)C2O)C(O)C(O)C1O. The van der Waals surface area contributed by atoms with E-state index in [0.717, 1.165) is 0 Å². The van der Waals surface area contributed by atoms with Gasteiger partial charge in [-0.3, -0.25) is 0 Å². The second-order valence-electron chi connectivity index (χ2n) is 17.1. The van der Waals surface area contributed by atoms with E-state index in [0.29, 0.717) is 0 Å². The molecule has 6 heterocycles. The third-order valence-corrected chi connectivity index (χ3v) is 12.9. The maximum absolute atomic E-state index is 11.7. The van der Waals surface area contributed by atoms with Crippen molar-refractivity contribution in [2.45, 2.75) is 151 Å². The molecule has 6 aliphatic rings. The topological polar surface area (TPSA) is 506 Å². The molecule has 20 N–H and O–H groups in total. The van der Waals surface area contributed by atoms with Crippen molar-refractivity contribution < 1.29 is 154 Å². The molecule has 6 fully saturated rings. The van der Waals surface area contributed by atoms with Gasteiger partial charge in [0.1, 0.15) is 149 Å². The normalized spacial score (nSPS) is 52.5. The highest BCUT2D eigenvalue weighted by Crippen LogP contribution is 2.44. The Morgan fingerprint density at radius 2 is 0.627 bits per heavy atom. The van der Waals surface area contributed by atoms with Crippen LogP contribution in [-0.4, -0.2) is 326 Å². The summed E-state index contributed by atoms with van der Waals surface area (Å²) in [5, 5.41) is 211. The molecule has 0 aromatic carbocycles. The maximum Gasteiger partial charge on any atom is 0.224 e. The van der Waals surface area contributed by atoms with Gasteiger partial charge < -0.3 is 154 Å². The summed E-state index contributed by atoms with van der Waals surface area (Å²) in [6.45, 7) is -12.1. The number of rotatable bonds is 21. The predicted molar refractivity (Wildman–Crippen MR) is 199 cm³/mol. The van der Waals surface area contributed by atoms with E-state index in [-0.39, 0.29) is 0 Å². The van der Waals surface area contributed by atoms with Crippen molar-refractivity contribution >= 4 is 0 Å². The molecule has 0 amide bonds. The molecule has 0 bridgehead atoms. The number of hydrogen-bond donors (Lipinski definition) is 20. The highest BCUT2D eigenvalue weighted by molar-refractivity contribution is 5.05. The summed E-state index contributed by atoms with van der Waals surface area (Å²) >= 11 is 0. The molecule has 0 saturated carbocycles. The maximum atomic E-state index is 11.7. The van der Waals surface area contributed by atoms with Crippen LogP contribution in [0.3, 0.4) is 0 Å². The van der Waals surface area contributed by atoms with Gasteiger partial charge in [0.25, 0.3) is 0 Å². The highest BCUT2D eigenvalue weighted by Gasteiger charge is 2.66. The summed E-state index contributed by atoms with van der Waals surface area (Å²) < 4.78 is 62.4. The van der Waals surface area contributed by atoms with Gasteiger partial charge in [-0.2, -0.15) is 0 Å². The van der Waals surface area contributed by atoms with Gasteiger partial charge in [0.15, 0.2) is 6.29 Å². The molecule has 31 nitrogen and oxygen atoms in total. The molecule has 6 saturated heterocycles. The molecular weight excluding hydrogens is 928 g/mol. The zero-order chi connectivity index (χ0) is 49.6.